The molecule has 13 heavy (non-hydrogen) atoms. The average Bonchev–Trinajstić information content (AvgIpc) is 2.53. The average molecular weight is 182 g/mol. The third kappa shape index (κ3) is 1.66. The van der Waals surface area contributed by atoms with Crippen molar-refractivity contribution < 1.29 is 4.79 Å². The molecule has 2 unspecified atom stereocenters. The van der Waals surface area contributed by atoms with Gasteiger partial charge in [0.15, 0.2) is 0 Å². The van der Waals surface area contributed by atoms with Crippen molar-refractivity contribution in [3.05, 3.63) is 0 Å². The van der Waals surface area contributed by atoms with Crippen molar-refractivity contribution in [3.8, 4) is 0 Å². The Kier molecular flexibility index (Phi) is 2.57. The summed E-state index contributed by atoms with van der Waals surface area (Å²) in [6, 6.07) is 0. The topological polar surface area (TPSA) is 17.1 Å². The van der Waals surface area contributed by atoms with Crippen LogP contribution in [0.5, 0.6) is 0 Å². The van der Waals surface area contributed by atoms with Crippen molar-refractivity contribution in [1.29, 1.82) is 0 Å². The Morgan fingerprint density at radius 1 is 1.31 bits per heavy atom. The van der Waals surface area contributed by atoms with Crippen LogP contribution in [-0.2, 0) is 4.79 Å². The zero-order valence-corrected chi connectivity index (χ0v) is 9.55. The first-order valence-electron chi connectivity index (χ1n) is 5.32. The maximum atomic E-state index is 11.1. The van der Waals surface area contributed by atoms with Gasteiger partial charge in [-0.3, -0.25) is 0 Å². The quantitative estimate of drug-likeness (QED) is 0.610. The smallest absolute Gasteiger partial charge is 0.126 e. The van der Waals surface area contributed by atoms with Gasteiger partial charge in [0.1, 0.15) is 6.29 Å². The number of aldehydes is 1. The second-order valence-corrected chi connectivity index (χ2v) is 5.75. The van der Waals surface area contributed by atoms with Crippen LogP contribution >= 0.6 is 0 Å². The standard InChI is InChI=1S/C12H22O/c1-9(2)6-10(3)12(8-13)7-11(12,4)5/h8-10H,6-7H2,1-5H3. The minimum atomic E-state index is -0.00271. The van der Waals surface area contributed by atoms with E-state index in [9.17, 15) is 4.79 Å². The van der Waals surface area contributed by atoms with Gasteiger partial charge in [0, 0.05) is 5.41 Å². The molecular formula is C12H22O. The molecule has 1 heteroatoms. The predicted molar refractivity (Wildman–Crippen MR) is 55.5 cm³/mol. The molecule has 2 atom stereocenters. The van der Waals surface area contributed by atoms with E-state index in [4.69, 9.17) is 0 Å². The van der Waals surface area contributed by atoms with E-state index >= 15 is 0 Å². The van der Waals surface area contributed by atoms with Crippen LogP contribution in [-0.4, -0.2) is 6.29 Å². The van der Waals surface area contributed by atoms with Crippen molar-refractivity contribution in [1.82, 2.24) is 0 Å². The van der Waals surface area contributed by atoms with E-state index in [1.807, 2.05) is 0 Å². The molecule has 1 nitrogen and oxygen atoms in total. The van der Waals surface area contributed by atoms with Crippen LogP contribution in [0.1, 0.15) is 47.5 Å². The summed E-state index contributed by atoms with van der Waals surface area (Å²) in [7, 11) is 0. The second kappa shape index (κ2) is 3.11. The zero-order valence-electron chi connectivity index (χ0n) is 9.55. The third-order valence-electron chi connectivity index (χ3n) is 3.78. The summed E-state index contributed by atoms with van der Waals surface area (Å²) in [5.74, 6) is 1.24. The van der Waals surface area contributed by atoms with E-state index in [-0.39, 0.29) is 10.8 Å². The summed E-state index contributed by atoms with van der Waals surface area (Å²) >= 11 is 0. The fourth-order valence-corrected chi connectivity index (χ4v) is 2.76. The van der Waals surface area contributed by atoms with E-state index in [0.717, 1.165) is 6.42 Å². The SMILES string of the molecule is CC(C)CC(C)C1(C=O)CC1(C)C. The number of hydrogen-bond donors (Lipinski definition) is 0. The molecule has 0 aromatic heterocycles. The molecule has 0 N–H and O–H groups in total. The first kappa shape index (κ1) is 10.7. The summed E-state index contributed by atoms with van der Waals surface area (Å²) in [5.41, 5.74) is 0.250. The molecule has 0 aliphatic heterocycles. The van der Waals surface area contributed by atoms with Crippen LogP contribution in [0.25, 0.3) is 0 Å². The van der Waals surface area contributed by atoms with Gasteiger partial charge >= 0.3 is 0 Å². The number of hydrogen-bond acceptors (Lipinski definition) is 1. The molecule has 1 aliphatic rings. The molecule has 1 fully saturated rings. The Morgan fingerprint density at radius 3 is 2.00 bits per heavy atom. The lowest BCUT2D eigenvalue weighted by atomic mass is 9.80. The van der Waals surface area contributed by atoms with Crippen molar-refractivity contribution in [2.75, 3.05) is 0 Å². The highest BCUT2D eigenvalue weighted by atomic mass is 16.1. The normalized spacial score (nSPS) is 33.1. The molecule has 1 saturated carbocycles. The summed E-state index contributed by atoms with van der Waals surface area (Å²) in [5, 5.41) is 0. The van der Waals surface area contributed by atoms with Crippen LogP contribution in [0.4, 0.5) is 0 Å². The van der Waals surface area contributed by atoms with Gasteiger partial charge in [-0.25, -0.2) is 0 Å². The molecule has 76 valence electrons. The van der Waals surface area contributed by atoms with Gasteiger partial charge in [-0.1, -0.05) is 34.6 Å². The number of carbonyl (C=O) groups is 1. The molecule has 1 aliphatic carbocycles. The fourth-order valence-electron chi connectivity index (χ4n) is 2.76. The minimum Gasteiger partial charge on any atom is -0.303 e. The molecule has 0 amide bonds. The molecule has 0 radical (unpaired) electrons. The fraction of sp³-hybridized carbons (Fsp3) is 0.917. The van der Waals surface area contributed by atoms with Gasteiger partial charge in [0.05, 0.1) is 0 Å². The summed E-state index contributed by atoms with van der Waals surface area (Å²) in [6.07, 6.45) is 3.46. The molecule has 0 saturated heterocycles. The number of rotatable bonds is 4. The third-order valence-corrected chi connectivity index (χ3v) is 3.78. The van der Waals surface area contributed by atoms with Crippen LogP contribution < -0.4 is 0 Å². The van der Waals surface area contributed by atoms with E-state index < -0.39 is 0 Å². The Labute approximate surface area is 81.9 Å². The molecule has 0 spiro atoms. The van der Waals surface area contributed by atoms with Gasteiger partial charge in [-0.2, -0.15) is 0 Å². The second-order valence-electron chi connectivity index (χ2n) is 5.75. The molecule has 0 aromatic rings. The first-order chi connectivity index (χ1) is 5.85. The zero-order chi connectivity index (χ0) is 10.3. The highest BCUT2D eigenvalue weighted by molar-refractivity contribution is 5.67. The maximum Gasteiger partial charge on any atom is 0.126 e. The Morgan fingerprint density at radius 2 is 1.77 bits per heavy atom. The Balaban J connectivity index is 2.65. The Hall–Kier alpha value is -0.330. The highest BCUT2D eigenvalue weighted by Crippen LogP contribution is 2.66. The summed E-state index contributed by atoms with van der Waals surface area (Å²) in [4.78, 5) is 11.1. The van der Waals surface area contributed by atoms with Crippen molar-refractivity contribution in [3.63, 3.8) is 0 Å². The van der Waals surface area contributed by atoms with E-state index in [1.54, 1.807) is 0 Å². The van der Waals surface area contributed by atoms with Gasteiger partial charge in [0.2, 0.25) is 0 Å². The molecular weight excluding hydrogens is 160 g/mol. The Bertz CT molecular complexity index is 205. The lowest BCUT2D eigenvalue weighted by Gasteiger charge is -2.23. The van der Waals surface area contributed by atoms with Crippen molar-refractivity contribution >= 4 is 6.29 Å². The van der Waals surface area contributed by atoms with Crippen molar-refractivity contribution in [2.24, 2.45) is 22.7 Å². The summed E-state index contributed by atoms with van der Waals surface area (Å²) in [6.45, 7) is 11.1. The van der Waals surface area contributed by atoms with Crippen LogP contribution in [0.2, 0.25) is 0 Å². The molecule has 0 bridgehead atoms. The summed E-state index contributed by atoms with van der Waals surface area (Å²) < 4.78 is 0. The maximum absolute atomic E-state index is 11.1. The van der Waals surface area contributed by atoms with Gasteiger partial charge < -0.3 is 4.79 Å². The highest BCUT2D eigenvalue weighted by Gasteiger charge is 2.63. The van der Waals surface area contributed by atoms with Gasteiger partial charge in [-0.05, 0) is 30.1 Å². The van der Waals surface area contributed by atoms with E-state index in [2.05, 4.69) is 34.6 Å². The van der Waals surface area contributed by atoms with Crippen LogP contribution in [0.3, 0.4) is 0 Å². The number of carbonyl (C=O) groups excluding carboxylic acids is 1. The molecule has 1 rings (SSSR count). The van der Waals surface area contributed by atoms with Gasteiger partial charge in [-0.15, -0.1) is 0 Å². The minimum absolute atomic E-state index is 0.00271. The van der Waals surface area contributed by atoms with Crippen LogP contribution in [0.15, 0.2) is 0 Å². The van der Waals surface area contributed by atoms with E-state index in [1.165, 1.54) is 12.7 Å². The predicted octanol–water partition coefficient (Wildman–Crippen LogP) is 3.28. The molecule has 0 aromatic carbocycles. The van der Waals surface area contributed by atoms with Gasteiger partial charge in [0.25, 0.3) is 0 Å². The lowest BCUT2D eigenvalue weighted by Crippen LogP contribution is -2.21. The first-order valence-corrected chi connectivity index (χ1v) is 5.32. The van der Waals surface area contributed by atoms with E-state index in [0.29, 0.717) is 11.8 Å². The largest absolute Gasteiger partial charge is 0.303 e. The van der Waals surface area contributed by atoms with Crippen LogP contribution in [0, 0.1) is 22.7 Å². The monoisotopic (exact) mass is 182 g/mol. The molecule has 0 heterocycles. The van der Waals surface area contributed by atoms with Crippen molar-refractivity contribution in [2.45, 2.75) is 47.5 Å². The lowest BCUT2D eigenvalue weighted by molar-refractivity contribution is -0.115.